The first-order valence-electron chi connectivity index (χ1n) is 9.64. The summed E-state index contributed by atoms with van der Waals surface area (Å²) in [7, 11) is 0. The van der Waals surface area contributed by atoms with Gasteiger partial charge in [0.1, 0.15) is 5.82 Å². The van der Waals surface area contributed by atoms with Crippen LogP contribution in [0.2, 0.25) is 5.02 Å². The summed E-state index contributed by atoms with van der Waals surface area (Å²) in [6.45, 7) is 1.40. The molecule has 2 heterocycles. The number of nitrogens with zero attached hydrogens (tertiary/aromatic N) is 4. The molecule has 1 fully saturated rings. The quantitative estimate of drug-likeness (QED) is 0.486. The number of aliphatic hydroxyl groups is 1. The molecule has 2 aromatic carbocycles. The number of pyridine rings is 1. The first-order chi connectivity index (χ1) is 14.5. The molecule has 0 spiro atoms. The zero-order valence-electron chi connectivity index (χ0n) is 16.0. The molecule has 0 radical (unpaired) electrons. The van der Waals surface area contributed by atoms with Crippen molar-refractivity contribution in [2.45, 2.75) is 18.9 Å². The van der Waals surface area contributed by atoms with Gasteiger partial charge < -0.3 is 10.0 Å². The number of aliphatic hydroxyl groups excluding tert-OH is 1. The number of hydrogen-bond acceptors (Lipinski definition) is 6. The average Bonchev–Trinajstić information content (AvgIpc) is 2.78. The Hall–Kier alpha value is -3.21. The van der Waals surface area contributed by atoms with Crippen molar-refractivity contribution < 1.29 is 10.0 Å². The van der Waals surface area contributed by atoms with Gasteiger partial charge in [-0.05, 0) is 48.6 Å². The molecule has 1 saturated heterocycles. The molecule has 4 rings (SSSR count). The molecule has 3 aromatic rings. The number of fused-ring (bicyclic) bond motifs is 1. The standard InChI is InChI=1S/C22H19ClN4O3/c23-17-3-1-14(2-4-17)22(28)15-7-9-26(10-8-15)21-11-16(13-24)19-12-18(27(29)30)5-6-20(19)25-21/h1-6,11-12,15,22,28H,7-10H2. The van der Waals surface area contributed by atoms with E-state index in [9.17, 15) is 20.5 Å². The maximum Gasteiger partial charge on any atom is 0.270 e. The smallest absolute Gasteiger partial charge is 0.270 e. The van der Waals surface area contributed by atoms with Crippen molar-refractivity contribution in [1.29, 1.82) is 5.26 Å². The molecular formula is C22H19ClN4O3. The number of nitriles is 1. The van der Waals surface area contributed by atoms with E-state index in [0.29, 0.717) is 40.4 Å². The highest BCUT2D eigenvalue weighted by Gasteiger charge is 2.27. The Balaban J connectivity index is 1.53. The normalized spacial score (nSPS) is 15.7. The summed E-state index contributed by atoms with van der Waals surface area (Å²) in [6, 6.07) is 15.4. The van der Waals surface area contributed by atoms with Gasteiger partial charge in [0.15, 0.2) is 0 Å². The predicted octanol–water partition coefficient (Wildman–Crippen LogP) is 4.62. The van der Waals surface area contributed by atoms with Crippen LogP contribution >= 0.6 is 11.6 Å². The van der Waals surface area contributed by atoms with Gasteiger partial charge in [0.25, 0.3) is 5.69 Å². The Kier molecular flexibility index (Phi) is 5.53. The molecule has 1 N–H and O–H groups in total. The summed E-state index contributed by atoms with van der Waals surface area (Å²) >= 11 is 5.93. The lowest BCUT2D eigenvalue weighted by Gasteiger charge is -2.35. The number of aromatic nitrogens is 1. The summed E-state index contributed by atoms with van der Waals surface area (Å²) in [4.78, 5) is 17.3. The molecule has 0 amide bonds. The molecular weight excluding hydrogens is 404 g/mol. The Morgan fingerprint density at radius 3 is 2.53 bits per heavy atom. The molecule has 1 aromatic heterocycles. The largest absolute Gasteiger partial charge is 0.388 e. The van der Waals surface area contributed by atoms with Crippen LogP contribution in [0.3, 0.4) is 0 Å². The van der Waals surface area contributed by atoms with E-state index < -0.39 is 11.0 Å². The molecule has 1 unspecified atom stereocenters. The van der Waals surface area contributed by atoms with Crippen molar-refractivity contribution in [3.05, 3.63) is 74.8 Å². The van der Waals surface area contributed by atoms with Crippen molar-refractivity contribution in [2.75, 3.05) is 18.0 Å². The zero-order chi connectivity index (χ0) is 21.3. The van der Waals surface area contributed by atoms with E-state index in [1.54, 1.807) is 24.3 Å². The van der Waals surface area contributed by atoms with Crippen LogP contribution < -0.4 is 4.90 Å². The van der Waals surface area contributed by atoms with E-state index in [1.807, 2.05) is 12.1 Å². The number of nitro benzene ring substituents is 1. The van der Waals surface area contributed by atoms with Gasteiger partial charge in [-0.3, -0.25) is 10.1 Å². The second-order valence-electron chi connectivity index (χ2n) is 7.42. The molecule has 152 valence electrons. The van der Waals surface area contributed by atoms with Crippen LogP contribution in [0, 0.1) is 27.4 Å². The second-order valence-corrected chi connectivity index (χ2v) is 7.86. The number of piperidine rings is 1. The highest BCUT2D eigenvalue weighted by atomic mass is 35.5. The SMILES string of the molecule is N#Cc1cc(N2CCC(C(O)c3ccc(Cl)cc3)CC2)nc2ccc([N+](=O)[O-])cc12. The summed E-state index contributed by atoms with van der Waals surface area (Å²) in [5, 5.41) is 32.4. The number of benzene rings is 2. The molecule has 30 heavy (non-hydrogen) atoms. The summed E-state index contributed by atoms with van der Waals surface area (Å²) in [5.41, 5.74) is 1.71. The lowest BCUT2D eigenvalue weighted by Crippen LogP contribution is -2.36. The molecule has 0 aliphatic carbocycles. The molecule has 8 heteroatoms. The third kappa shape index (κ3) is 3.92. The minimum absolute atomic E-state index is 0.0643. The van der Waals surface area contributed by atoms with Crippen LogP contribution in [0.15, 0.2) is 48.5 Å². The highest BCUT2D eigenvalue weighted by Crippen LogP contribution is 2.34. The number of anilines is 1. The van der Waals surface area contributed by atoms with Gasteiger partial charge in [0.2, 0.25) is 0 Å². The second kappa shape index (κ2) is 8.27. The Labute approximate surface area is 178 Å². The highest BCUT2D eigenvalue weighted by molar-refractivity contribution is 6.30. The van der Waals surface area contributed by atoms with E-state index in [4.69, 9.17) is 11.6 Å². The van der Waals surface area contributed by atoms with Crippen LogP contribution in [-0.2, 0) is 0 Å². The fraction of sp³-hybridized carbons (Fsp3) is 0.273. The molecule has 1 aliphatic rings. The van der Waals surface area contributed by atoms with Crippen molar-refractivity contribution in [3.63, 3.8) is 0 Å². The van der Waals surface area contributed by atoms with E-state index in [2.05, 4.69) is 16.0 Å². The van der Waals surface area contributed by atoms with Gasteiger partial charge in [0, 0.05) is 35.6 Å². The van der Waals surface area contributed by atoms with Crippen LogP contribution in [-0.4, -0.2) is 28.1 Å². The summed E-state index contributed by atoms with van der Waals surface area (Å²) in [5.74, 6) is 0.799. The Bertz CT molecular complexity index is 1140. The minimum Gasteiger partial charge on any atom is -0.388 e. The number of nitro groups is 1. The monoisotopic (exact) mass is 422 g/mol. The van der Waals surface area contributed by atoms with E-state index in [1.165, 1.54) is 12.1 Å². The topological polar surface area (TPSA) is 103 Å². The predicted molar refractivity (Wildman–Crippen MR) is 114 cm³/mol. The van der Waals surface area contributed by atoms with Gasteiger partial charge >= 0.3 is 0 Å². The van der Waals surface area contributed by atoms with Crippen molar-refractivity contribution in [1.82, 2.24) is 4.98 Å². The van der Waals surface area contributed by atoms with Crippen molar-refractivity contribution >= 4 is 34.0 Å². The third-order valence-corrected chi connectivity index (χ3v) is 5.88. The van der Waals surface area contributed by atoms with Crippen molar-refractivity contribution in [2.24, 2.45) is 5.92 Å². The van der Waals surface area contributed by atoms with Gasteiger partial charge in [0.05, 0.1) is 28.2 Å². The number of halogens is 1. The van der Waals surface area contributed by atoms with E-state index in [0.717, 1.165) is 18.4 Å². The van der Waals surface area contributed by atoms with Crippen LogP contribution in [0.1, 0.15) is 30.1 Å². The molecule has 0 saturated carbocycles. The molecule has 7 nitrogen and oxygen atoms in total. The zero-order valence-corrected chi connectivity index (χ0v) is 16.8. The van der Waals surface area contributed by atoms with Gasteiger partial charge in [-0.25, -0.2) is 4.98 Å². The number of rotatable bonds is 4. The fourth-order valence-electron chi connectivity index (χ4n) is 3.94. The molecule has 0 bridgehead atoms. The Morgan fingerprint density at radius 2 is 1.90 bits per heavy atom. The van der Waals surface area contributed by atoms with E-state index >= 15 is 0 Å². The average molecular weight is 423 g/mol. The lowest BCUT2D eigenvalue weighted by molar-refractivity contribution is -0.384. The molecule has 1 atom stereocenters. The third-order valence-electron chi connectivity index (χ3n) is 5.63. The van der Waals surface area contributed by atoms with Crippen molar-refractivity contribution in [3.8, 4) is 6.07 Å². The first kappa shape index (κ1) is 20.1. The van der Waals surface area contributed by atoms with Crippen LogP contribution in [0.4, 0.5) is 11.5 Å². The maximum atomic E-state index is 11.0. The van der Waals surface area contributed by atoms with Crippen LogP contribution in [0.25, 0.3) is 10.9 Å². The maximum absolute atomic E-state index is 11.0. The fourth-order valence-corrected chi connectivity index (χ4v) is 4.07. The summed E-state index contributed by atoms with van der Waals surface area (Å²) in [6.07, 6.45) is 1.02. The van der Waals surface area contributed by atoms with Crippen LogP contribution in [0.5, 0.6) is 0 Å². The van der Waals surface area contributed by atoms with Gasteiger partial charge in [-0.2, -0.15) is 5.26 Å². The minimum atomic E-state index is -0.552. The Morgan fingerprint density at radius 1 is 1.20 bits per heavy atom. The summed E-state index contributed by atoms with van der Waals surface area (Å²) < 4.78 is 0. The van der Waals surface area contributed by atoms with Gasteiger partial charge in [-0.15, -0.1) is 0 Å². The van der Waals surface area contributed by atoms with Gasteiger partial charge in [-0.1, -0.05) is 23.7 Å². The molecule has 1 aliphatic heterocycles. The number of hydrogen-bond donors (Lipinski definition) is 1. The van der Waals surface area contributed by atoms with E-state index in [-0.39, 0.29) is 11.6 Å². The first-order valence-corrected chi connectivity index (χ1v) is 10.0. The lowest BCUT2D eigenvalue weighted by atomic mass is 9.87. The number of non-ortho nitro benzene ring substituents is 1.